The Morgan fingerprint density at radius 1 is 1.33 bits per heavy atom. The molecule has 1 aromatic rings. The smallest absolute Gasteiger partial charge is 0.335 e. The van der Waals surface area contributed by atoms with Gasteiger partial charge in [0.15, 0.2) is 0 Å². The minimum Gasteiger partial charge on any atom is -0.478 e. The maximum atomic E-state index is 10.8. The Bertz CT molecular complexity index is 423. The van der Waals surface area contributed by atoms with E-state index in [2.05, 4.69) is 5.32 Å². The summed E-state index contributed by atoms with van der Waals surface area (Å²) in [5.74, 6) is -0.0887. The van der Waals surface area contributed by atoms with Crippen molar-refractivity contribution in [1.29, 1.82) is 0 Å². The van der Waals surface area contributed by atoms with E-state index in [4.69, 9.17) is 5.11 Å². The first-order valence-corrected chi connectivity index (χ1v) is 6.74. The van der Waals surface area contributed by atoms with Gasteiger partial charge in [-0.2, -0.15) is 0 Å². The van der Waals surface area contributed by atoms with Crippen LogP contribution in [0.2, 0.25) is 0 Å². The molecule has 3 heteroatoms. The highest BCUT2D eigenvalue weighted by Gasteiger charge is 2.13. The summed E-state index contributed by atoms with van der Waals surface area (Å²) in [6.07, 6.45) is 6.72. The molecule has 1 fully saturated rings. The Labute approximate surface area is 108 Å². The zero-order valence-electron chi connectivity index (χ0n) is 10.9. The summed E-state index contributed by atoms with van der Waals surface area (Å²) in [6, 6.07) is 5.27. The first kappa shape index (κ1) is 12.9. The summed E-state index contributed by atoms with van der Waals surface area (Å²) in [4.78, 5) is 10.8. The first-order valence-electron chi connectivity index (χ1n) is 6.74. The molecule has 0 radical (unpaired) electrons. The molecule has 0 aromatic heterocycles. The van der Waals surface area contributed by atoms with Crippen LogP contribution in [0.4, 0.5) is 5.69 Å². The molecule has 98 valence electrons. The lowest BCUT2D eigenvalue weighted by molar-refractivity contribution is 0.0697. The third-order valence-corrected chi connectivity index (χ3v) is 3.78. The Balaban J connectivity index is 1.94. The van der Waals surface area contributed by atoms with Crippen LogP contribution in [-0.2, 0) is 0 Å². The Morgan fingerprint density at radius 2 is 2.06 bits per heavy atom. The van der Waals surface area contributed by atoms with E-state index >= 15 is 0 Å². The lowest BCUT2D eigenvalue weighted by atomic mass is 9.89. The van der Waals surface area contributed by atoms with E-state index in [-0.39, 0.29) is 0 Å². The number of aryl methyl sites for hydroxylation is 1. The van der Waals surface area contributed by atoms with Crippen LogP contribution < -0.4 is 5.32 Å². The number of rotatable bonds is 4. The fourth-order valence-electron chi connectivity index (χ4n) is 2.64. The van der Waals surface area contributed by atoms with E-state index in [1.54, 1.807) is 12.1 Å². The molecule has 0 spiro atoms. The largest absolute Gasteiger partial charge is 0.478 e. The summed E-state index contributed by atoms with van der Waals surface area (Å²) < 4.78 is 0. The molecule has 1 aliphatic carbocycles. The average Bonchev–Trinajstić information content (AvgIpc) is 2.38. The molecule has 3 nitrogen and oxygen atoms in total. The minimum absolute atomic E-state index is 0.357. The summed E-state index contributed by atoms with van der Waals surface area (Å²) in [5.41, 5.74) is 2.42. The van der Waals surface area contributed by atoms with Gasteiger partial charge in [-0.1, -0.05) is 19.3 Å². The average molecular weight is 247 g/mol. The third-order valence-electron chi connectivity index (χ3n) is 3.78. The number of benzene rings is 1. The Kier molecular flexibility index (Phi) is 4.24. The van der Waals surface area contributed by atoms with Gasteiger partial charge < -0.3 is 10.4 Å². The lowest BCUT2D eigenvalue weighted by Crippen LogP contribution is -2.17. The number of hydrogen-bond acceptors (Lipinski definition) is 2. The Morgan fingerprint density at radius 3 is 2.67 bits per heavy atom. The molecule has 0 saturated heterocycles. The van der Waals surface area contributed by atoms with Crippen molar-refractivity contribution < 1.29 is 9.90 Å². The molecule has 1 aliphatic rings. The summed E-state index contributed by atoms with van der Waals surface area (Å²) in [7, 11) is 0. The van der Waals surface area contributed by atoms with Gasteiger partial charge in [0.25, 0.3) is 0 Å². The second-order valence-corrected chi connectivity index (χ2v) is 5.22. The highest BCUT2D eigenvalue weighted by Crippen LogP contribution is 2.25. The number of carboxylic acid groups (broad SMARTS) is 1. The maximum Gasteiger partial charge on any atom is 0.335 e. The van der Waals surface area contributed by atoms with Crippen LogP contribution in [0.1, 0.15) is 48.0 Å². The normalized spacial score (nSPS) is 16.5. The summed E-state index contributed by atoms with van der Waals surface area (Å²) in [5, 5.41) is 12.4. The minimum atomic E-state index is -0.864. The van der Waals surface area contributed by atoms with Gasteiger partial charge >= 0.3 is 5.97 Å². The van der Waals surface area contributed by atoms with E-state index in [0.29, 0.717) is 5.56 Å². The van der Waals surface area contributed by atoms with E-state index < -0.39 is 5.97 Å². The maximum absolute atomic E-state index is 10.8. The SMILES string of the molecule is Cc1cc(C(=O)O)ccc1NCC1CCCCC1. The number of carbonyl (C=O) groups is 1. The van der Waals surface area contributed by atoms with Crippen LogP contribution in [0.25, 0.3) is 0 Å². The fraction of sp³-hybridized carbons (Fsp3) is 0.533. The van der Waals surface area contributed by atoms with Crippen molar-refractivity contribution in [2.75, 3.05) is 11.9 Å². The second-order valence-electron chi connectivity index (χ2n) is 5.22. The summed E-state index contributed by atoms with van der Waals surface area (Å²) in [6.45, 7) is 2.96. The number of carboxylic acids is 1. The molecule has 1 saturated carbocycles. The van der Waals surface area contributed by atoms with Gasteiger partial charge in [-0.15, -0.1) is 0 Å². The predicted octanol–water partition coefficient (Wildman–Crippen LogP) is 3.69. The molecular weight excluding hydrogens is 226 g/mol. The van der Waals surface area contributed by atoms with E-state index in [1.165, 1.54) is 32.1 Å². The van der Waals surface area contributed by atoms with Crippen LogP contribution >= 0.6 is 0 Å². The first-order chi connectivity index (χ1) is 8.66. The monoisotopic (exact) mass is 247 g/mol. The fourth-order valence-corrected chi connectivity index (χ4v) is 2.64. The number of hydrogen-bond donors (Lipinski definition) is 2. The molecule has 2 rings (SSSR count). The van der Waals surface area contributed by atoms with Gasteiger partial charge in [0.1, 0.15) is 0 Å². The zero-order chi connectivity index (χ0) is 13.0. The van der Waals surface area contributed by atoms with Crippen LogP contribution in [-0.4, -0.2) is 17.6 Å². The second kappa shape index (κ2) is 5.89. The molecule has 0 amide bonds. The van der Waals surface area contributed by atoms with E-state index in [1.807, 2.05) is 13.0 Å². The van der Waals surface area contributed by atoms with Gasteiger partial charge in [0, 0.05) is 12.2 Å². The van der Waals surface area contributed by atoms with Crippen LogP contribution in [0, 0.1) is 12.8 Å². The van der Waals surface area contributed by atoms with Crippen LogP contribution in [0.5, 0.6) is 0 Å². The van der Waals surface area contributed by atoms with Gasteiger partial charge in [-0.3, -0.25) is 0 Å². The highest BCUT2D eigenvalue weighted by atomic mass is 16.4. The molecule has 2 N–H and O–H groups in total. The van der Waals surface area contributed by atoms with Crippen LogP contribution in [0.15, 0.2) is 18.2 Å². The van der Waals surface area contributed by atoms with Crippen molar-refractivity contribution in [3.05, 3.63) is 29.3 Å². The molecule has 0 bridgehead atoms. The standard InChI is InChI=1S/C15H21NO2/c1-11-9-13(15(17)18)7-8-14(11)16-10-12-5-3-2-4-6-12/h7-9,12,16H,2-6,10H2,1H3,(H,17,18). The lowest BCUT2D eigenvalue weighted by Gasteiger charge is -2.22. The number of nitrogens with one attached hydrogen (secondary N) is 1. The Hall–Kier alpha value is -1.51. The quantitative estimate of drug-likeness (QED) is 0.853. The van der Waals surface area contributed by atoms with Gasteiger partial charge in [-0.05, 0) is 49.4 Å². The van der Waals surface area contributed by atoms with Gasteiger partial charge in [0.05, 0.1) is 5.56 Å². The van der Waals surface area contributed by atoms with E-state index in [0.717, 1.165) is 23.7 Å². The predicted molar refractivity (Wildman–Crippen MR) is 73.2 cm³/mol. The molecular formula is C15H21NO2. The molecule has 1 aromatic carbocycles. The summed E-state index contributed by atoms with van der Waals surface area (Å²) >= 11 is 0. The molecule has 18 heavy (non-hydrogen) atoms. The highest BCUT2D eigenvalue weighted by molar-refractivity contribution is 5.88. The molecule has 0 heterocycles. The number of aromatic carboxylic acids is 1. The van der Waals surface area contributed by atoms with Crippen molar-refractivity contribution in [2.24, 2.45) is 5.92 Å². The van der Waals surface area contributed by atoms with Crippen molar-refractivity contribution in [1.82, 2.24) is 0 Å². The van der Waals surface area contributed by atoms with Crippen molar-refractivity contribution in [3.8, 4) is 0 Å². The number of anilines is 1. The van der Waals surface area contributed by atoms with Crippen molar-refractivity contribution in [2.45, 2.75) is 39.0 Å². The van der Waals surface area contributed by atoms with Gasteiger partial charge in [-0.25, -0.2) is 4.79 Å². The van der Waals surface area contributed by atoms with Crippen molar-refractivity contribution in [3.63, 3.8) is 0 Å². The molecule has 0 aliphatic heterocycles. The van der Waals surface area contributed by atoms with Crippen molar-refractivity contribution >= 4 is 11.7 Å². The third kappa shape index (κ3) is 3.25. The van der Waals surface area contributed by atoms with E-state index in [9.17, 15) is 4.79 Å². The molecule has 0 atom stereocenters. The van der Waals surface area contributed by atoms with Gasteiger partial charge in [0.2, 0.25) is 0 Å². The zero-order valence-corrected chi connectivity index (χ0v) is 10.9. The van der Waals surface area contributed by atoms with Crippen LogP contribution in [0.3, 0.4) is 0 Å². The molecule has 0 unspecified atom stereocenters. The topological polar surface area (TPSA) is 49.3 Å².